The van der Waals surface area contributed by atoms with Crippen LogP contribution in [0.3, 0.4) is 0 Å². The zero-order valence-corrected chi connectivity index (χ0v) is 12.4. The molecule has 3 rings (SSSR count). The average molecular weight is 334 g/mol. The lowest BCUT2D eigenvalue weighted by Crippen LogP contribution is -2.09. The summed E-state index contributed by atoms with van der Waals surface area (Å²) in [6.45, 7) is 0. The van der Waals surface area contributed by atoms with E-state index in [0.717, 1.165) is 12.1 Å². The Morgan fingerprint density at radius 2 is 1.88 bits per heavy atom. The van der Waals surface area contributed by atoms with Gasteiger partial charge in [0.15, 0.2) is 0 Å². The van der Waals surface area contributed by atoms with Crippen molar-refractivity contribution in [2.75, 3.05) is 10.7 Å². The van der Waals surface area contributed by atoms with Crippen LogP contribution in [0.2, 0.25) is 0 Å². The predicted octanol–water partition coefficient (Wildman–Crippen LogP) is 3.65. The SMILES string of the molecule is O=C1CCC(=NNc2ccc(C(F)(F)F)cc2)c2ncccc2N1. The Labute approximate surface area is 135 Å². The molecule has 0 saturated heterocycles. The van der Waals surface area contributed by atoms with Gasteiger partial charge in [0.05, 0.1) is 22.6 Å². The summed E-state index contributed by atoms with van der Waals surface area (Å²) in [6, 6.07) is 7.98. The highest BCUT2D eigenvalue weighted by atomic mass is 19.4. The van der Waals surface area contributed by atoms with Crippen LogP contribution in [0.1, 0.15) is 24.1 Å². The summed E-state index contributed by atoms with van der Waals surface area (Å²) in [7, 11) is 0. The molecule has 0 aliphatic carbocycles. The number of benzene rings is 1. The van der Waals surface area contributed by atoms with Crippen LogP contribution in [0, 0.1) is 0 Å². The van der Waals surface area contributed by atoms with Gasteiger partial charge in [0.2, 0.25) is 5.91 Å². The zero-order chi connectivity index (χ0) is 17.2. The van der Waals surface area contributed by atoms with Gasteiger partial charge in [-0.25, -0.2) is 0 Å². The number of nitrogens with one attached hydrogen (secondary N) is 2. The lowest BCUT2D eigenvalue weighted by Gasteiger charge is -2.09. The van der Waals surface area contributed by atoms with Gasteiger partial charge in [0, 0.05) is 19.0 Å². The van der Waals surface area contributed by atoms with Crippen molar-refractivity contribution in [3.8, 4) is 0 Å². The topological polar surface area (TPSA) is 66.4 Å². The van der Waals surface area contributed by atoms with E-state index in [1.54, 1.807) is 18.3 Å². The van der Waals surface area contributed by atoms with Crippen molar-refractivity contribution in [3.05, 3.63) is 53.9 Å². The largest absolute Gasteiger partial charge is 0.416 e. The molecule has 0 atom stereocenters. The van der Waals surface area contributed by atoms with E-state index in [0.29, 0.717) is 29.2 Å². The fraction of sp³-hybridized carbons (Fsp3) is 0.188. The van der Waals surface area contributed by atoms with Gasteiger partial charge in [-0.3, -0.25) is 15.2 Å². The number of alkyl halides is 3. The van der Waals surface area contributed by atoms with Gasteiger partial charge in [-0.2, -0.15) is 18.3 Å². The van der Waals surface area contributed by atoms with Gasteiger partial charge in [-0.15, -0.1) is 0 Å². The molecule has 0 bridgehead atoms. The van der Waals surface area contributed by atoms with Crippen molar-refractivity contribution < 1.29 is 18.0 Å². The summed E-state index contributed by atoms with van der Waals surface area (Å²) in [5.41, 5.74) is 4.07. The Hall–Kier alpha value is -2.90. The minimum atomic E-state index is -4.37. The molecule has 0 unspecified atom stereocenters. The second kappa shape index (κ2) is 6.31. The third-order valence-electron chi connectivity index (χ3n) is 3.48. The first-order valence-corrected chi connectivity index (χ1v) is 7.18. The first-order valence-electron chi connectivity index (χ1n) is 7.18. The molecule has 5 nitrogen and oxygen atoms in total. The number of anilines is 2. The molecule has 0 saturated carbocycles. The Kier molecular flexibility index (Phi) is 4.20. The summed E-state index contributed by atoms with van der Waals surface area (Å²) in [6.07, 6.45) is -2.15. The van der Waals surface area contributed by atoms with Crippen molar-refractivity contribution in [2.24, 2.45) is 5.10 Å². The van der Waals surface area contributed by atoms with E-state index >= 15 is 0 Å². The molecule has 124 valence electrons. The number of fused-ring (bicyclic) bond motifs is 1. The van der Waals surface area contributed by atoms with Crippen LogP contribution < -0.4 is 10.7 Å². The lowest BCUT2D eigenvalue weighted by molar-refractivity contribution is -0.137. The van der Waals surface area contributed by atoms with E-state index in [1.807, 2.05) is 0 Å². The number of nitrogens with zero attached hydrogens (tertiary/aromatic N) is 2. The van der Waals surface area contributed by atoms with Crippen LogP contribution in [0.4, 0.5) is 24.5 Å². The quantitative estimate of drug-likeness (QED) is 0.824. The number of carbonyl (C=O) groups excluding carboxylic acids is 1. The van der Waals surface area contributed by atoms with Crippen LogP contribution in [-0.4, -0.2) is 16.6 Å². The molecule has 0 fully saturated rings. The summed E-state index contributed by atoms with van der Waals surface area (Å²) in [5, 5.41) is 6.95. The number of aromatic nitrogens is 1. The molecule has 1 aromatic heterocycles. The molecule has 24 heavy (non-hydrogen) atoms. The second-order valence-corrected chi connectivity index (χ2v) is 5.19. The summed E-state index contributed by atoms with van der Waals surface area (Å²) >= 11 is 0. The fourth-order valence-corrected chi connectivity index (χ4v) is 2.27. The first-order chi connectivity index (χ1) is 11.4. The highest BCUT2D eigenvalue weighted by molar-refractivity contribution is 6.10. The molecule has 0 radical (unpaired) electrons. The molecule has 1 aromatic carbocycles. The molecule has 1 aliphatic heterocycles. The Bertz CT molecular complexity index is 785. The minimum absolute atomic E-state index is 0.135. The Morgan fingerprint density at radius 3 is 2.58 bits per heavy atom. The van der Waals surface area contributed by atoms with E-state index in [1.165, 1.54) is 12.1 Å². The van der Waals surface area contributed by atoms with Crippen LogP contribution >= 0.6 is 0 Å². The van der Waals surface area contributed by atoms with Gasteiger partial charge in [-0.1, -0.05) is 0 Å². The second-order valence-electron chi connectivity index (χ2n) is 5.19. The summed E-state index contributed by atoms with van der Waals surface area (Å²) in [4.78, 5) is 15.9. The maximum Gasteiger partial charge on any atom is 0.416 e. The molecule has 0 spiro atoms. The monoisotopic (exact) mass is 334 g/mol. The molecule has 1 aliphatic rings. The third kappa shape index (κ3) is 3.53. The van der Waals surface area contributed by atoms with Crippen LogP contribution in [-0.2, 0) is 11.0 Å². The van der Waals surface area contributed by atoms with Crippen molar-refractivity contribution in [2.45, 2.75) is 19.0 Å². The van der Waals surface area contributed by atoms with E-state index in [-0.39, 0.29) is 12.3 Å². The average Bonchev–Trinajstić information content (AvgIpc) is 2.71. The molecule has 8 heteroatoms. The fourth-order valence-electron chi connectivity index (χ4n) is 2.27. The van der Waals surface area contributed by atoms with Crippen molar-refractivity contribution >= 4 is 23.0 Å². The Balaban J connectivity index is 1.83. The first kappa shape index (κ1) is 16.0. The molecule has 2 heterocycles. The normalized spacial score (nSPS) is 16.3. The number of pyridine rings is 1. The third-order valence-corrected chi connectivity index (χ3v) is 3.48. The van der Waals surface area contributed by atoms with Crippen molar-refractivity contribution in [3.63, 3.8) is 0 Å². The highest BCUT2D eigenvalue weighted by Gasteiger charge is 2.29. The standard InChI is InChI=1S/C16H13F3N4O/c17-16(18,19)10-3-5-11(6-4-10)22-23-13-7-8-14(24)21-12-2-1-9-20-15(12)13/h1-6,9,22H,7-8H2,(H,21,24). The molecular weight excluding hydrogens is 321 g/mol. The maximum absolute atomic E-state index is 12.5. The number of rotatable bonds is 2. The van der Waals surface area contributed by atoms with Crippen LogP contribution in [0.15, 0.2) is 47.7 Å². The highest BCUT2D eigenvalue weighted by Crippen LogP contribution is 2.30. The van der Waals surface area contributed by atoms with E-state index in [2.05, 4.69) is 20.8 Å². The molecule has 2 N–H and O–H groups in total. The number of halogens is 3. The van der Waals surface area contributed by atoms with Gasteiger partial charge >= 0.3 is 6.18 Å². The minimum Gasteiger partial charge on any atom is -0.324 e. The van der Waals surface area contributed by atoms with Gasteiger partial charge in [0.1, 0.15) is 5.69 Å². The van der Waals surface area contributed by atoms with Gasteiger partial charge < -0.3 is 5.32 Å². The molecule has 2 aromatic rings. The maximum atomic E-state index is 12.5. The van der Waals surface area contributed by atoms with Gasteiger partial charge in [0.25, 0.3) is 0 Å². The number of amides is 1. The van der Waals surface area contributed by atoms with E-state index in [4.69, 9.17) is 0 Å². The van der Waals surface area contributed by atoms with E-state index < -0.39 is 11.7 Å². The van der Waals surface area contributed by atoms with Crippen LogP contribution in [0.25, 0.3) is 0 Å². The number of hydrogen-bond acceptors (Lipinski definition) is 4. The van der Waals surface area contributed by atoms with Crippen molar-refractivity contribution in [1.82, 2.24) is 4.98 Å². The number of carbonyl (C=O) groups is 1. The summed E-state index contributed by atoms with van der Waals surface area (Å²) in [5.74, 6) is -0.135. The lowest BCUT2D eigenvalue weighted by atomic mass is 10.1. The molecule has 1 amide bonds. The number of hydrazone groups is 1. The van der Waals surface area contributed by atoms with E-state index in [9.17, 15) is 18.0 Å². The smallest absolute Gasteiger partial charge is 0.324 e. The zero-order valence-electron chi connectivity index (χ0n) is 12.4. The summed E-state index contributed by atoms with van der Waals surface area (Å²) < 4.78 is 37.6. The van der Waals surface area contributed by atoms with Crippen molar-refractivity contribution in [1.29, 1.82) is 0 Å². The van der Waals surface area contributed by atoms with Crippen LogP contribution in [0.5, 0.6) is 0 Å². The molecular formula is C16H13F3N4O. The number of hydrogen-bond donors (Lipinski definition) is 2. The predicted molar refractivity (Wildman–Crippen MR) is 83.7 cm³/mol. The Morgan fingerprint density at radius 1 is 1.12 bits per heavy atom. The van der Waals surface area contributed by atoms with Gasteiger partial charge in [-0.05, 0) is 36.4 Å².